The van der Waals surface area contributed by atoms with Crippen LogP contribution >= 0.6 is 0 Å². The number of Topliss-reactive ketones (excluding diaryl/α,β-unsaturated/α-hetero) is 1. The van der Waals surface area contributed by atoms with Gasteiger partial charge in [-0.3, -0.25) is 4.79 Å². The van der Waals surface area contributed by atoms with Gasteiger partial charge in [-0.1, -0.05) is 18.2 Å². The van der Waals surface area contributed by atoms with E-state index >= 15 is 0 Å². The molecule has 5 heteroatoms. The van der Waals surface area contributed by atoms with Gasteiger partial charge in [-0.25, -0.2) is 0 Å². The van der Waals surface area contributed by atoms with E-state index in [1.807, 2.05) is 30.3 Å². The molecule has 1 saturated heterocycles. The van der Waals surface area contributed by atoms with Crippen LogP contribution in [0.2, 0.25) is 0 Å². The van der Waals surface area contributed by atoms with Crippen LogP contribution in [0.4, 0.5) is 0 Å². The van der Waals surface area contributed by atoms with E-state index in [4.69, 9.17) is 4.74 Å². The average molecular weight is 285 g/mol. The monoisotopic (exact) mass is 285 g/mol. The van der Waals surface area contributed by atoms with Crippen molar-refractivity contribution in [2.45, 2.75) is 38.2 Å². The molecule has 0 N–H and O–H groups in total. The second kappa shape index (κ2) is 6.63. The predicted octanol–water partition coefficient (Wildman–Crippen LogP) is 2.80. The van der Waals surface area contributed by atoms with E-state index in [1.165, 1.54) is 4.80 Å². The largest absolute Gasteiger partial charge is 0.378 e. The first-order valence-electron chi connectivity index (χ1n) is 7.45. The zero-order valence-corrected chi connectivity index (χ0v) is 11.9. The van der Waals surface area contributed by atoms with Crippen molar-refractivity contribution in [3.8, 4) is 5.69 Å². The van der Waals surface area contributed by atoms with Crippen LogP contribution in [0.5, 0.6) is 0 Å². The van der Waals surface area contributed by atoms with E-state index in [1.54, 1.807) is 6.20 Å². The molecule has 21 heavy (non-hydrogen) atoms. The predicted molar refractivity (Wildman–Crippen MR) is 78.5 cm³/mol. The number of para-hydroxylation sites is 1. The summed E-state index contributed by atoms with van der Waals surface area (Å²) in [6.45, 7) is 0.865. The Morgan fingerprint density at radius 2 is 2.19 bits per heavy atom. The number of carbonyl (C=O) groups is 1. The fraction of sp³-hybridized carbons (Fsp3) is 0.438. The van der Waals surface area contributed by atoms with Crippen molar-refractivity contribution in [2.24, 2.45) is 0 Å². The molecule has 3 rings (SSSR count). The van der Waals surface area contributed by atoms with E-state index in [0.717, 1.165) is 38.0 Å². The number of hydrogen-bond donors (Lipinski definition) is 0. The molecule has 110 valence electrons. The van der Waals surface area contributed by atoms with Crippen molar-refractivity contribution in [1.29, 1.82) is 0 Å². The number of ketones is 1. The van der Waals surface area contributed by atoms with E-state index in [0.29, 0.717) is 18.2 Å². The molecule has 0 radical (unpaired) electrons. The normalized spacial score (nSPS) is 18.0. The lowest BCUT2D eigenvalue weighted by atomic mass is 10.1. The third-order valence-electron chi connectivity index (χ3n) is 3.72. The number of hydrogen-bond acceptors (Lipinski definition) is 4. The first kappa shape index (κ1) is 13.9. The summed E-state index contributed by atoms with van der Waals surface area (Å²) < 4.78 is 5.56. The van der Waals surface area contributed by atoms with Crippen molar-refractivity contribution in [3.63, 3.8) is 0 Å². The Balaban J connectivity index is 1.54. The van der Waals surface area contributed by atoms with Gasteiger partial charge in [-0.05, 0) is 37.8 Å². The maximum absolute atomic E-state index is 12.1. The van der Waals surface area contributed by atoms with Gasteiger partial charge in [-0.2, -0.15) is 9.90 Å². The highest BCUT2D eigenvalue weighted by Crippen LogP contribution is 2.18. The second-order valence-corrected chi connectivity index (χ2v) is 5.31. The summed E-state index contributed by atoms with van der Waals surface area (Å²) in [5, 5.41) is 8.41. The highest BCUT2D eigenvalue weighted by Gasteiger charge is 2.17. The summed E-state index contributed by atoms with van der Waals surface area (Å²) in [4.78, 5) is 13.6. The van der Waals surface area contributed by atoms with Crippen LogP contribution in [-0.4, -0.2) is 33.5 Å². The number of nitrogens with zero attached hydrogens (tertiary/aromatic N) is 3. The molecular weight excluding hydrogens is 266 g/mol. The Morgan fingerprint density at radius 3 is 2.95 bits per heavy atom. The van der Waals surface area contributed by atoms with Crippen LogP contribution in [0, 0.1) is 0 Å². The topological polar surface area (TPSA) is 57.0 Å². The third-order valence-corrected chi connectivity index (χ3v) is 3.72. The van der Waals surface area contributed by atoms with E-state index in [2.05, 4.69) is 10.2 Å². The van der Waals surface area contributed by atoms with Crippen LogP contribution < -0.4 is 0 Å². The molecule has 1 unspecified atom stereocenters. The summed E-state index contributed by atoms with van der Waals surface area (Å²) in [6.07, 6.45) is 6.47. The molecule has 1 aliphatic heterocycles. The lowest BCUT2D eigenvalue weighted by Crippen LogP contribution is -2.07. The molecule has 1 fully saturated rings. The van der Waals surface area contributed by atoms with Gasteiger partial charge in [0, 0.05) is 13.0 Å². The van der Waals surface area contributed by atoms with Crippen LogP contribution in [0.25, 0.3) is 5.69 Å². The van der Waals surface area contributed by atoms with Crippen LogP contribution in [0.3, 0.4) is 0 Å². The Hall–Kier alpha value is -2.01. The second-order valence-electron chi connectivity index (χ2n) is 5.31. The summed E-state index contributed by atoms with van der Waals surface area (Å²) >= 11 is 0. The quantitative estimate of drug-likeness (QED) is 0.766. The molecule has 5 nitrogen and oxygen atoms in total. The molecule has 1 aromatic heterocycles. The van der Waals surface area contributed by atoms with Crippen molar-refractivity contribution in [2.75, 3.05) is 6.61 Å². The Morgan fingerprint density at radius 1 is 1.33 bits per heavy atom. The number of rotatable bonds is 6. The summed E-state index contributed by atoms with van der Waals surface area (Å²) in [6, 6.07) is 9.59. The zero-order valence-electron chi connectivity index (χ0n) is 11.9. The maximum Gasteiger partial charge on any atom is 0.184 e. The van der Waals surface area contributed by atoms with Gasteiger partial charge >= 0.3 is 0 Å². The number of benzene rings is 1. The minimum absolute atomic E-state index is 0.0511. The van der Waals surface area contributed by atoms with Gasteiger partial charge in [0.05, 0.1) is 18.0 Å². The average Bonchev–Trinajstić information content (AvgIpc) is 3.20. The first-order chi connectivity index (χ1) is 10.3. The molecule has 0 amide bonds. The minimum atomic E-state index is 0.0511. The molecule has 0 spiro atoms. The molecule has 0 saturated carbocycles. The fourth-order valence-electron chi connectivity index (χ4n) is 2.57. The molecule has 1 aliphatic rings. The number of carbonyl (C=O) groups excluding carboxylic acids is 1. The van der Waals surface area contributed by atoms with Gasteiger partial charge < -0.3 is 4.74 Å². The molecule has 0 bridgehead atoms. The van der Waals surface area contributed by atoms with Crippen molar-refractivity contribution in [1.82, 2.24) is 15.0 Å². The van der Waals surface area contributed by atoms with Crippen LogP contribution in [0.1, 0.15) is 42.6 Å². The van der Waals surface area contributed by atoms with E-state index in [-0.39, 0.29) is 5.78 Å². The van der Waals surface area contributed by atoms with Crippen molar-refractivity contribution >= 4 is 5.78 Å². The number of aromatic nitrogens is 3. The van der Waals surface area contributed by atoms with E-state index in [9.17, 15) is 4.79 Å². The van der Waals surface area contributed by atoms with Gasteiger partial charge in [0.2, 0.25) is 0 Å². The van der Waals surface area contributed by atoms with Crippen molar-refractivity contribution < 1.29 is 9.53 Å². The van der Waals surface area contributed by atoms with Gasteiger partial charge in [0.25, 0.3) is 0 Å². The lowest BCUT2D eigenvalue weighted by molar-refractivity contribution is 0.0919. The summed E-state index contributed by atoms with van der Waals surface area (Å²) in [5.74, 6) is 0.0511. The Bertz CT molecular complexity index is 589. The Labute approximate surface area is 123 Å². The first-order valence-corrected chi connectivity index (χ1v) is 7.45. The molecule has 0 aliphatic carbocycles. The molecule has 2 aromatic rings. The van der Waals surface area contributed by atoms with Gasteiger partial charge in [0.15, 0.2) is 5.78 Å². The smallest absolute Gasteiger partial charge is 0.184 e. The molecule has 1 atom stereocenters. The van der Waals surface area contributed by atoms with Crippen molar-refractivity contribution in [3.05, 3.63) is 42.2 Å². The van der Waals surface area contributed by atoms with E-state index < -0.39 is 0 Å². The molecule has 1 aromatic carbocycles. The lowest BCUT2D eigenvalue weighted by Gasteiger charge is -2.07. The van der Waals surface area contributed by atoms with Gasteiger partial charge in [0.1, 0.15) is 5.69 Å². The van der Waals surface area contributed by atoms with Gasteiger partial charge in [-0.15, -0.1) is 5.10 Å². The Kier molecular flexibility index (Phi) is 4.40. The van der Waals surface area contributed by atoms with Crippen LogP contribution in [-0.2, 0) is 4.74 Å². The highest BCUT2D eigenvalue weighted by atomic mass is 16.5. The summed E-state index contributed by atoms with van der Waals surface area (Å²) in [5.41, 5.74) is 1.29. The molecular formula is C16H19N3O2. The highest BCUT2D eigenvalue weighted by molar-refractivity contribution is 5.93. The number of ether oxygens (including phenoxy) is 1. The zero-order chi connectivity index (χ0) is 14.5. The third kappa shape index (κ3) is 3.55. The molecule has 2 heterocycles. The fourth-order valence-corrected chi connectivity index (χ4v) is 2.57. The maximum atomic E-state index is 12.1. The SMILES string of the molecule is O=C(CCCC1CCCO1)c1cnn(-c2ccccc2)n1. The standard InChI is InChI=1S/C16H19N3O2/c20-16(10-4-8-14-9-5-11-21-14)15-12-17-19(18-15)13-6-2-1-3-7-13/h1-3,6-7,12,14H,4-5,8-11H2. The minimum Gasteiger partial charge on any atom is -0.378 e. The summed E-state index contributed by atoms with van der Waals surface area (Å²) in [7, 11) is 0. The van der Waals surface area contributed by atoms with Crippen LogP contribution in [0.15, 0.2) is 36.5 Å².